The summed E-state index contributed by atoms with van der Waals surface area (Å²) in [4.78, 5) is 15.0. The predicted molar refractivity (Wildman–Crippen MR) is 94.8 cm³/mol. The summed E-state index contributed by atoms with van der Waals surface area (Å²) in [7, 11) is 0. The molecule has 0 bridgehead atoms. The van der Waals surface area contributed by atoms with Crippen LogP contribution in [-0.4, -0.2) is 29.9 Å². The minimum atomic E-state index is -0.0950. The Labute approximate surface area is 135 Å². The van der Waals surface area contributed by atoms with E-state index in [1.807, 2.05) is 12.1 Å². The zero-order valence-corrected chi connectivity index (χ0v) is 14.6. The molecule has 1 atom stereocenters. The highest BCUT2D eigenvalue weighted by Crippen LogP contribution is 2.15. The Bertz CT molecular complexity index is 444. The van der Waals surface area contributed by atoms with Crippen LogP contribution in [0.4, 0.5) is 11.4 Å². The summed E-state index contributed by atoms with van der Waals surface area (Å²) in [5.74, 6) is 1.14. The van der Waals surface area contributed by atoms with Gasteiger partial charge in [0, 0.05) is 24.5 Å². The molecule has 0 saturated heterocycles. The van der Waals surface area contributed by atoms with E-state index in [-0.39, 0.29) is 11.9 Å². The lowest BCUT2D eigenvalue weighted by atomic mass is 10.1. The first kappa shape index (κ1) is 18.5. The molecule has 0 aliphatic rings. The van der Waals surface area contributed by atoms with Crippen LogP contribution >= 0.6 is 0 Å². The van der Waals surface area contributed by atoms with E-state index in [1.165, 1.54) is 0 Å². The number of carbonyl (C=O) groups is 1. The van der Waals surface area contributed by atoms with Gasteiger partial charge in [-0.1, -0.05) is 34.6 Å². The van der Waals surface area contributed by atoms with Crippen LogP contribution in [0, 0.1) is 11.8 Å². The summed E-state index contributed by atoms with van der Waals surface area (Å²) < 4.78 is 0. The zero-order chi connectivity index (χ0) is 16.7. The number of anilines is 2. The third-order valence-corrected chi connectivity index (χ3v) is 3.51. The van der Waals surface area contributed by atoms with E-state index in [9.17, 15) is 4.79 Å². The molecule has 0 heterocycles. The van der Waals surface area contributed by atoms with Crippen molar-refractivity contribution in [3.8, 4) is 0 Å². The second-order valence-corrected chi connectivity index (χ2v) is 6.78. The second kappa shape index (κ2) is 8.79. The Hall–Kier alpha value is -1.55. The van der Waals surface area contributed by atoms with E-state index in [0.29, 0.717) is 17.5 Å². The van der Waals surface area contributed by atoms with E-state index in [2.05, 4.69) is 44.8 Å². The summed E-state index contributed by atoms with van der Waals surface area (Å²) in [5, 5.41) is 3.01. The number of hydrogen-bond acceptors (Lipinski definition) is 3. The van der Waals surface area contributed by atoms with Gasteiger partial charge in [0.2, 0.25) is 5.91 Å². The van der Waals surface area contributed by atoms with E-state index < -0.39 is 0 Å². The molecule has 4 nitrogen and oxygen atoms in total. The van der Waals surface area contributed by atoms with E-state index in [0.717, 1.165) is 25.2 Å². The largest absolute Gasteiger partial charge is 0.399 e. The van der Waals surface area contributed by atoms with E-state index >= 15 is 0 Å². The van der Waals surface area contributed by atoms with Crippen molar-refractivity contribution in [2.45, 2.75) is 47.1 Å². The summed E-state index contributed by atoms with van der Waals surface area (Å²) in [6.07, 6.45) is 0.806. The second-order valence-electron chi connectivity index (χ2n) is 6.78. The fourth-order valence-electron chi connectivity index (χ4n) is 2.67. The average molecular weight is 305 g/mol. The first-order chi connectivity index (χ1) is 10.3. The highest BCUT2D eigenvalue weighted by molar-refractivity contribution is 5.94. The van der Waals surface area contributed by atoms with E-state index in [4.69, 9.17) is 5.73 Å². The molecule has 0 saturated carbocycles. The lowest BCUT2D eigenvalue weighted by Crippen LogP contribution is -2.46. The molecule has 22 heavy (non-hydrogen) atoms. The van der Waals surface area contributed by atoms with Gasteiger partial charge in [-0.05, 0) is 42.5 Å². The molecule has 1 unspecified atom stereocenters. The van der Waals surface area contributed by atoms with Gasteiger partial charge in [-0.15, -0.1) is 0 Å². The third-order valence-electron chi connectivity index (χ3n) is 3.51. The lowest BCUT2D eigenvalue weighted by Gasteiger charge is -2.32. The lowest BCUT2D eigenvalue weighted by molar-refractivity contribution is -0.121. The number of carbonyl (C=O) groups excluding carboxylic acids is 1. The van der Waals surface area contributed by atoms with Crippen molar-refractivity contribution >= 4 is 17.3 Å². The molecule has 0 aliphatic heterocycles. The fraction of sp³-hybridized carbons (Fsp3) is 0.611. The van der Waals surface area contributed by atoms with Gasteiger partial charge in [-0.2, -0.15) is 0 Å². The highest BCUT2D eigenvalue weighted by atomic mass is 16.2. The van der Waals surface area contributed by atoms with Crippen LogP contribution in [-0.2, 0) is 4.79 Å². The van der Waals surface area contributed by atoms with Crippen LogP contribution in [0.5, 0.6) is 0 Å². The number of nitrogens with one attached hydrogen (secondary N) is 1. The summed E-state index contributed by atoms with van der Waals surface area (Å²) in [6, 6.07) is 7.19. The van der Waals surface area contributed by atoms with Crippen LogP contribution < -0.4 is 11.1 Å². The summed E-state index contributed by atoms with van der Waals surface area (Å²) in [6.45, 7) is 12.7. The third kappa shape index (κ3) is 6.06. The Morgan fingerprint density at radius 3 is 2.00 bits per heavy atom. The van der Waals surface area contributed by atoms with E-state index in [1.54, 1.807) is 12.1 Å². The molecule has 0 spiro atoms. The van der Waals surface area contributed by atoms with Crippen molar-refractivity contribution in [2.75, 3.05) is 24.1 Å². The van der Waals surface area contributed by atoms with Crippen LogP contribution in [0.1, 0.15) is 41.0 Å². The molecule has 0 aromatic heterocycles. The molecular formula is C18H31N3O. The van der Waals surface area contributed by atoms with Crippen LogP contribution in [0.25, 0.3) is 0 Å². The molecule has 124 valence electrons. The predicted octanol–water partition coefficient (Wildman–Crippen LogP) is 3.60. The summed E-state index contributed by atoms with van der Waals surface area (Å²) in [5.41, 5.74) is 7.18. The van der Waals surface area contributed by atoms with Gasteiger partial charge in [0.1, 0.15) is 0 Å². The van der Waals surface area contributed by atoms with Crippen molar-refractivity contribution in [3.63, 3.8) is 0 Å². The first-order valence-electron chi connectivity index (χ1n) is 8.23. The molecule has 4 heteroatoms. The van der Waals surface area contributed by atoms with Crippen LogP contribution in [0.2, 0.25) is 0 Å². The van der Waals surface area contributed by atoms with Crippen molar-refractivity contribution in [1.82, 2.24) is 4.90 Å². The minimum Gasteiger partial charge on any atom is -0.399 e. The van der Waals surface area contributed by atoms with Gasteiger partial charge in [0.15, 0.2) is 0 Å². The topological polar surface area (TPSA) is 58.4 Å². The van der Waals surface area contributed by atoms with Crippen molar-refractivity contribution in [2.24, 2.45) is 11.8 Å². The molecule has 1 amide bonds. The Morgan fingerprint density at radius 1 is 1.09 bits per heavy atom. The van der Waals surface area contributed by atoms with Gasteiger partial charge in [0.05, 0.1) is 6.04 Å². The molecule has 0 aliphatic carbocycles. The van der Waals surface area contributed by atoms with Crippen LogP contribution in [0.3, 0.4) is 0 Å². The first-order valence-corrected chi connectivity index (χ1v) is 8.23. The zero-order valence-electron chi connectivity index (χ0n) is 14.6. The minimum absolute atomic E-state index is 0.0635. The number of hydrogen-bond donors (Lipinski definition) is 2. The number of nitrogens with zero attached hydrogens (tertiary/aromatic N) is 1. The maximum absolute atomic E-state index is 12.6. The molecule has 0 radical (unpaired) electrons. The number of nitrogens with two attached hydrogens (primary N) is 1. The molecule has 1 rings (SSSR count). The summed E-state index contributed by atoms with van der Waals surface area (Å²) >= 11 is 0. The van der Waals surface area contributed by atoms with Crippen molar-refractivity contribution in [1.29, 1.82) is 0 Å². The Balaban J connectivity index is 2.80. The molecule has 3 N–H and O–H groups in total. The maximum atomic E-state index is 12.6. The average Bonchev–Trinajstić information content (AvgIpc) is 2.40. The SMILES string of the molecule is CCC(C(=O)Nc1ccc(N)cc1)N(CC(C)C)CC(C)C. The molecule has 0 fully saturated rings. The standard InChI is InChI=1S/C18H31N3O/c1-6-17(21(11-13(2)3)12-14(4)5)18(22)20-16-9-7-15(19)8-10-16/h7-10,13-14,17H,6,11-12,19H2,1-5H3,(H,20,22). The maximum Gasteiger partial charge on any atom is 0.241 e. The fourth-order valence-corrected chi connectivity index (χ4v) is 2.67. The number of nitrogen functional groups attached to an aromatic ring is 1. The van der Waals surface area contributed by atoms with Crippen molar-refractivity contribution < 1.29 is 4.79 Å². The van der Waals surface area contributed by atoms with Crippen LogP contribution in [0.15, 0.2) is 24.3 Å². The smallest absolute Gasteiger partial charge is 0.241 e. The monoisotopic (exact) mass is 305 g/mol. The van der Waals surface area contributed by atoms with Gasteiger partial charge in [-0.3, -0.25) is 9.69 Å². The normalized spacial score (nSPS) is 12.9. The number of rotatable bonds is 8. The molecule has 1 aromatic carbocycles. The number of amides is 1. The van der Waals surface area contributed by atoms with Gasteiger partial charge < -0.3 is 11.1 Å². The molecule has 1 aromatic rings. The molecular weight excluding hydrogens is 274 g/mol. The number of benzene rings is 1. The quantitative estimate of drug-likeness (QED) is 0.721. The van der Waals surface area contributed by atoms with Crippen molar-refractivity contribution in [3.05, 3.63) is 24.3 Å². The van der Waals surface area contributed by atoms with Gasteiger partial charge in [0.25, 0.3) is 0 Å². The Kier molecular flexibility index (Phi) is 7.39. The Morgan fingerprint density at radius 2 is 1.59 bits per heavy atom. The van der Waals surface area contributed by atoms with Gasteiger partial charge >= 0.3 is 0 Å². The highest BCUT2D eigenvalue weighted by Gasteiger charge is 2.25. The van der Waals surface area contributed by atoms with Gasteiger partial charge in [-0.25, -0.2) is 0 Å².